The van der Waals surface area contributed by atoms with Crippen LogP contribution in [0, 0.1) is 0 Å². The van der Waals surface area contributed by atoms with E-state index in [4.69, 9.17) is 0 Å². The first-order chi connectivity index (χ1) is 26.7. The standard InChI is InChI=1S/C54H59N3/c1-14-55-45-25-19-37(56-47-21-15-33(51(2,3)4)27-39(47)40-28-34(52(5,6)7)16-22-48(40)56)31-43(45)44-32-38(20-26-46(44)55)57-49-23-17-35(53(8,9)10)29-41(49)42-30-36(54(11,12)13)18-24-50(42)57/h15-32H,14H2,1-13H3. The van der Waals surface area contributed by atoms with Crippen molar-refractivity contribution in [1.82, 2.24) is 13.7 Å². The van der Waals surface area contributed by atoms with Crippen LogP contribution in [0.25, 0.3) is 76.8 Å². The van der Waals surface area contributed by atoms with Crippen LogP contribution in [0.2, 0.25) is 0 Å². The van der Waals surface area contributed by atoms with Crippen LogP contribution in [-0.2, 0) is 28.2 Å². The van der Waals surface area contributed by atoms with Crippen molar-refractivity contribution in [1.29, 1.82) is 0 Å². The summed E-state index contributed by atoms with van der Waals surface area (Å²) in [6, 6.07) is 42.7. The maximum atomic E-state index is 2.49. The Balaban J connectivity index is 1.31. The van der Waals surface area contributed by atoms with Crippen molar-refractivity contribution in [2.24, 2.45) is 0 Å². The van der Waals surface area contributed by atoms with E-state index in [1.807, 2.05) is 0 Å². The molecule has 0 saturated heterocycles. The minimum absolute atomic E-state index is 0.0585. The van der Waals surface area contributed by atoms with Crippen LogP contribution in [0.1, 0.15) is 112 Å². The summed E-state index contributed by atoms with van der Waals surface area (Å²) in [4.78, 5) is 0. The largest absolute Gasteiger partial charge is 0.341 e. The summed E-state index contributed by atoms with van der Waals surface area (Å²) >= 11 is 0. The zero-order chi connectivity index (χ0) is 40.6. The minimum Gasteiger partial charge on any atom is -0.341 e. The van der Waals surface area contributed by atoms with Gasteiger partial charge in [-0.1, -0.05) is 107 Å². The zero-order valence-electron chi connectivity index (χ0n) is 36.4. The second kappa shape index (κ2) is 12.4. The smallest absolute Gasteiger partial charge is 0.0541 e. The van der Waals surface area contributed by atoms with Crippen LogP contribution in [0.4, 0.5) is 0 Å². The molecule has 57 heavy (non-hydrogen) atoms. The molecule has 290 valence electrons. The molecule has 6 aromatic carbocycles. The lowest BCUT2D eigenvalue weighted by Gasteiger charge is -2.19. The molecule has 0 amide bonds. The molecule has 0 aliphatic heterocycles. The van der Waals surface area contributed by atoms with Crippen LogP contribution < -0.4 is 0 Å². The van der Waals surface area contributed by atoms with Gasteiger partial charge in [0.05, 0.1) is 22.1 Å². The lowest BCUT2D eigenvalue weighted by atomic mass is 9.85. The highest BCUT2D eigenvalue weighted by molar-refractivity contribution is 6.14. The van der Waals surface area contributed by atoms with E-state index >= 15 is 0 Å². The van der Waals surface area contributed by atoms with Crippen LogP contribution in [-0.4, -0.2) is 13.7 Å². The van der Waals surface area contributed by atoms with E-state index in [1.54, 1.807) is 0 Å². The second-order valence-electron chi connectivity index (χ2n) is 20.7. The van der Waals surface area contributed by atoms with E-state index in [9.17, 15) is 0 Å². The van der Waals surface area contributed by atoms with Crippen LogP contribution in [0.15, 0.2) is 109 Å². The maximum absolute atomic E-state index is 2.49. The van der Waals surface area contributed by atoms with Crippen molar-refractivity contribution in [2.75, 3.05) is 0 Å². The predicted octanol–water partition coefficient (Wildman–Crippen LogP) is 15.2. The average molecular weight is 750 g/mol. The minimum atomic E-state index is 0.0585. The van der Waals surface area contributed by atoms with E-state index in [0.29, 0.717) is 0 Å². The Bertz CT molecular complexity index is 2720. The Morgan fingerprint density at radius 1 is 0.316 bits per heavy atom. The molecule has 0 bridgehead atoms. The second-order valence-corrected chi connectivity index (χ2v) is 20.7. The Hall–Kier alpha value is -5.28. The van der Waals surface area contributed by atoms with Crippen LogP contribution in [0.3, 0.4) is 0 Å². The number of aryl methyl sites for hydroxylation is 1. The van der Waals surface area contributed by atoms with Crippen molar-refractivity contribution < 1.29 is 0 Å². The first-order valence-electron chi connectivity index (χ1n) is 21.0. The molecule has 0 atom stereocenters. The molecule has 3 heteroatoms. The van der Waals surface area contributed by atoms with E-state index in [1.165, 1.54) is 99.0 Å². The van der Waals surface area contributed by atoms with E-state index in [0.717, 1.165) is 6.54 Å². The topological polar surface area (TPSA) is 14.8 Å². The highest BCUT2D eigenvalue weighted by atomic mass is 15.0. The van der Waals surface area contributed by atoms with E-state index in [-0.39, 0.29) is 21.7 Å². The maximum Gasteiger partial charge on any atom is 0.0541 e. The number of nitrogens with zero attached hydrogens (tertiary/aromatic N) is 3. The molecule has 0 fully saturated rings. The predicted molar refractivity (Wildman–Crippen MR) is 249 cm³/mol. The third-order valence-corrected chi connectivity index (χ3v) is 12.7. The van der Waals surface area contributed by atoms with Gasteiger partial charge in [0.15, 0.2) is 0 Å². The monoisotopic (exact) mass is 749 g/mol. The fraction of sp³-hybridized carbons (Fsp3) is 0.333. The molecule has 0 saturated carbocycles. The SMILES string of the molecule is CCn1c2ccc(-n3c4ccc(C(C)(C)C)cc4c4cc(C(C)(C)C)ccc43)cc2c2cc(-n3c4ccc(C(C)(C)C)cc4c4cc(C(C)(C)C)ccc43)ccc21. The van der Waals surface area contributed by atoms with Gasteiger partial charge in [-0.2, -0.15) is 0 Å². The van der Waals surface area contributed by atoms with Crippen molar-refractivity contribution in [3.63, 3.8) is 0 Å². The number of fused-ring (bicyclic) bond motifs is 9. The quantitative estimate of drug-likeness (QED) is 0.171. The van der Waals surface area contributed by atoms with Gasteiger partial charge in [-0.15, -0.1) is 0 Å². The summed E-state index contributed by atoms with van der Waals surface area (Å²) in [6.07, 6.45) is 0. The Kier molecular flexibility index (Phi) is 8.09. The van der Waals surface area contributed by atoms with E-state index < -0.39 is 0 Å². The molecule has 3 nitrogen and oxygen atoms in total. The summed E-state index contributed by atoms with van der Waals surface area (Å²) in [5.74, 6) is 0. The van der Waals surface area contributed by atoms with Gasteiger partial charge in [0.25, 0.3) is 0 Å². The summed E-state index contributed by atoms with van der Waals surface area (Å²) in [6.45, 7) is 30.9. The number of rotatable bonds is 3. The van der Waals surface area contributed by atoms with Gasteiger partial charge in [0.1, 0.15) is 0 Å². The zero-order valence-corrected chi connectivity index (χ0v) is 36.4. The fourth-order valence-corrected chi connectivity index (χ4v) is 9.17. The first kappa shape index (κ1) is 37.3. The number of benzene rings is 6. The molecule has 9 aromatic rings. The van der Waals surface area contributed by atoms with Gasteiger partial charge in [0, 0.05) is 61.3 Å². The van der Waals surface area contributed by atoms with Crippen LogP contribution in [0.5, 0.6) is 0 Å². The summed E-state index contributed by atoms with van der Waals surface area (Å²) < 4.78 is 7.47. The normalized spacial score (nSPS) is 13.4. The lowest BCUT2D eigenvalue weighted by molar-refractivity contribution is 0.590. The summed E-state index contributed by atoms with van der Waals surface area (Å²) in [7, 11) is 0. The van der Waals surface area contributed by atoms with Crippen molar-refractivity contribution in [3.05, 3.63) is 131 Å². The average Bonchev–Trinajstić information content (AvgIpc) is 3.76. The van der Waals surface area contributed by atoms with Gasteiger partial charge in [-0.25, -0.2) is 0 Å². The first-order valence-corrected chi connectivity index (χ1v) is 21.0. The number of aromatic nitrogens is 3. The van der Waals surface area contributed by atoms with Gasteiger partial charge < -0.3 is 13.7 Å². The molecule has 3 heterocycles. The fourth-order valence-electron chi connectivity index (χ4n) is 9.17. The molecule has 0 unspecified atom stereocenters. The van der Waals surface area contributed by atoms with Gasteiger partial charge in [0.2, 0.25) is 0 Å². The van der Waals surface area contributed by atoms with Crippen molar-refractivity contribution in [2.45, 2.75) is 118 Å². The lowest BCUT2D eigenvalue weighted by Crippen LogP contribution is -2.10. The molecule has 0 spiro atoms. The van der Waals surface area contributed by atoms with Gasteiger partial charge in [-0.05, 0) is 136 Å². The Labute approximate surface area is 338 Å². The van der Waals surface area contributed by atoms with Crippen LogP contribution >= 0.6 is 0 Å². The number of hydrogen-bond donors (Lipinski definition) is 0. The third kappa shape index (κ3) is 5.91. The molecule has 3 aromatic heterocycles. The van der Waals surface area contributed by atoms with Gasteiger partial charge >= 0.3 is 0 Å². The number of hydrogen-bond acceptors (Lipinski definition) is 0. The molecular weight excluding hydrogens is 691 g/mol. The van der Waals surface area contributed by atoms with Crippen molar-refractivity contribution >= 4 is 65.4 Å². The Morgan fingerprint density at radius 2 is 0.561 bits per heavy atom. The Morgan fingerprint density at radius 3 is 0.807 bits per heavy atom. The summed E-state index contributed by atoms with van der Waals surface area (Å²) in [5, 5.41) is 7.83. The molecule has 0 aliphatic rings. The third-order valence-electron chi connectivity index (χ3n) is 12.7. The van der Waals surface area contributed by atoms with Gasteiger partial charge in [-0.3, -0.25) is 0 Å². The molecule has 0 aliphatic carbocycles. The molecule has 0 N–H and O–H groups in total. The highest BCUT2D eigenvalue weighted by Crippen LogP contribution is 2.42. The molecule has 0 radical (unpaired) electrons. The molecule has 9 rings (SSSR count). The summed E-state index contributed by atoms with van der Waals surface area (Å²) in [5.41, 5.74) is 15.6. The molecular formula is C54H59N3. The highest BCUT2D eigenvalue weighted by Gasteiger charge is 2.24. The van der Waals surface area contributed by atoms with E-state index in [2.05, 4.69) is 213 Å². The van der Waals surface area contributed by atoms with Crippen molar-refractivity contribution in [3.8, 4) is 11.4 Å².